The van der Waals surface area contributed by atoms with Crippen LogP contribution in [-0.4, -0.2) is 31.5 Å². The molecule has 0 radical (unpaired) electrons. The zero-order chi connectivity index (χ0) is 13.9. The quantitative estimate of drug-likeness (QED) is 0.793. The number of carbonyl (C=O) groups is 1. The van der Waals surface area contributed by atoms with E-state index in [2.05, 4.69) is 19.4 Å². The second kappa shape index (κ2) is 5.51. The highest BCUT2D eigenvalue weighted by Crippen LogP contribution is 2.22. The van der Waals surface area contributed by atoms with Gasteiger partial charge in [-0.1, -0.05) is 0 Å². The van der Waals surface area contributed by atoms with Gasteiger partial charge in [0.2, 0.25) is 10.0 Å². The van der Waals surface area contributed by atoms with Crippen molar-refractivity contribution in [3.63, 3.8) is 0 Å². The summed E-state index contributed by atoms with van der Waals surface area (Å²) >= 11 is 1.02. The maximum Gasteiger partial charge on any atom is 0.349 e. The number of esters is 1. The summed E-state index contributed by atoms with van der Waals surface area (Å²) in [6.07, 6.45) is 3.11. The Balaban J connectivity index is 2.20. The van der Waals surface area contributed by atoms with Crippen molar-refractivity contribution in [3.05, 3.63) is 34.5 Å². The summed E-state index contributed by atoms with van der Waals surface area (Å²) in [7, 11) is -2.58. The van der Waals surface area contributed by atoms with Crippen molar-refractivity contribution in [2.45, 2.75) is 11.4 Å². The zero-order valence-corrected chi connectivity index (χ0v) is 11.5. The van der Waals surface area contributed by atoms with Crippen molar-refractivity contribution in [2.75, 3.05) is 7.11 Å². The lowest BCUT2D eigenvalue weighted by Crippen LogP contribution is -2.25. The number of hydrogen-bond acceptors (Lipinski definition) is 6. The van der Waals surface area contributed by atoms with Gasteiger partial charge in [0.05, 0.1) is 13.7 Å². The Morgan fingerprint density at radius 3 is 3.00 bits per heavy atom. The first-order valence-electron chi connectivity index (χ1n) is 5.18. The van der Waals surface area contributed by atoms with Crippen LogP contribution in [0.1, 0.15) is 15.5 Å². The number of carbonyl (C=O) groups excluding carboxylic acids is 1. The predicted octanol–water partition coefficient (Wildman–Crippen LogP) is 0.736. The minimum atomic E-state index is -3.78. The number of methoxy groups -OCH3 is 1. The summed E-state index contributed by atoms with van der Waals surface area (Å²) in [6.45, 7) is 0.0196. The van der Waals surface area contributed by atoms with Crippen LogP contribution >= 0.6 is 11.3 Å². The smallest absolute Gasteiger partial charge is 0.349 e. The average Bonchev–Trinajstić information content (AvgIpc) is 3.06. The van der Waals surface area contributed by atoms with Crippen LogP contribution in [0.4, 0.5) is 0 Å². The van der Waals surface area contributed by atoms with E-state index in [0.29, 0.717) is 5.82 Å². The summed E-state index contributed by atoms with van der Waals surface area (Å²) in [5, 5.41) is 1.52. The van der Waals surface area contributed by atoms with Gasteiger partial charge in [-0.05, 0) is 11.4 Å². The molecule has 0 amide bonds. The lowest BCUT2D eigenvalue weighted by molar-refractivity contribution is 0.0602. The molecular formula is C10H11N3O4S2. The molecule has 0 unspecified atom stereocenters. The molecule has 0 saturated carbocycles. The van der Waals surface area contributed by atoms with E-state index >= 15 is 0 Å². The fraction of sp³-hybridized carbons (Fsp3) is 0.200. The molecule has 2 aromatic heterocycles. The number of imidazole rings is 1. The van der Waals surface area contributed by atoms with Crippen LogP contribution in [0.2, 0.25) is 0 Å². The number of sulfonamides is 1. The van der Waals surface area contributed by atoms with Gasteiger partial charge in [-0.3, -0.25) is 0 Å². The standard InChI is InChI=1S/C10H11N3O4S2/c1-17-10(14)9-7(2-5-18-9)19(15,16)13-6-8-11-3-4-12-8/h2-5,13H,6H2,1H3,(H,11,12). The highest BCUT2D eigenvalue weighted by atomic mass is 32.2. The van der Waals surface area contributed by atoms with Crippen molar-refractivity contribution in [1.82, 2.24) is 14.7 Å². The minimum Gasteiger partial charge on any atom is -0.465 e. The number of thiophene rings is 1. The monoisotopic (exact) mass is 301 g/mol. The predicted molar refractivity (Wildman–Crippen MR) is 68.3 cm³/mol. The third-order valence-electron chi connectivity index (χ3n) is 2.27. The van der Waals surface area contributed by atoms with E-state index in [9.17, 15) is 13.2 Å². The van der Waals surface area contributed by atoms with E-state index < -0.39 is 16.0 Å². The van der Waals surface area contributed by atoms with E-state index in [4.69, 9.17) is 0 Å². The third kappa shape index (κ3) is 3.00. The minimum absolute atomic E-state index is 0.0196. The first-order chi connectivity index (χ1) is 9.04. The Labute approximate surface area is 113 Å². The fourth-order valence-corrected chi connectivity index (χ4v) is 3.71. The molecule has 0 aliphatic rings. The fourth-order valence-electron chi connectivity index (χ4n) is 1.39. The molecule has 0 fully saturated rings. The van der Waals surface area contributed by atoms with Gasteiger partial charge >= 0.3 is 5.97 Å². The first-order valence-corrected chi connectivity index (χ1v) is 7.54. The van der Waals surface area contributed by atoms with Crippen LogP contribution in [0, 0.1) is 0 Å². The van der Waals surface area contributed by atoms with E-state index in [0.717, 1.165) is 11.3 Å². The van der Waals surface area contributed by atoms with Crippen molar-refractivity contribution in [2.24, 2.45) is 0 Å². The molecule has 7 nitrogen and oxygen atoms in total. The van der Waals surface area contributed by atoms with E-state index in [1.807, 2.05) is 0 Å². The van der Waals surface area contributed by atoms with Crippen molar-refractivity contribution in [3.8, 4) is 0 Å². The average molecular weight is 301 g/mol. The maximum absolute atomic E-state index is 12.1. The Bertz CT molecular complexity index is 661. The maximum atomic E-state index is 12.1. The molecule has 0 bridgehead atoms. The van der Waals surface area contributed by atoms with Crippen LogP contribution in [0.25, 0.3) is 0 Å². The number of aromatic nitrogens is 2. The van der Waals surface area contributed by atoms with Gasteiger partial charge in [0, 0.05) is 12.4 Å². The summed E-state index contributed by atoms with van der Waals surface area (Å²) in [5.41, 5.74) is 0. The molecule has 0 atom stereocenters. The number of H-pyrrole nitrogens is 1. The van der Waals surface area contributed by atoms with Crippen molar-refractivity contribution < 1.29 is 17.9 Å². The second-order valence-electron chi connectivity index (χ2n) is 3.47. The molecule has 2 aromatic rings. The first kappa shape index (κ1) is 13.7. The van der Waals surface area contributed by atoms with Crippen LogP contribution in [0.3, 0.4) is 0 Å². The Morgan fingerprint density at radius 1 is 1.58 bits per heavy atom. The number of hydrogen-bond donors (Lipinski definition) is 2. The van der Waals surface area contributed by atoms with Gasteiger partial charge in [-0.15, -0.1) is 11.3 Å². The second-order valence-corrected chi connectivity index (χ2v) is 6.12. The third-order valence-corrected chi connectivity index (χ3v) is 4.74. The van der Waals surface area contributed by atoms with Gasteiger partial charge < -0.3 is 9.72 Å². The molecule has 102 valence electrons. The number of rotatable bonds is 5. The van der Waals surface area contributed by atoms with Crippen LogP contribution in [-0.2, 0) is 21.3 Å². The topological polar surface area (TPSA) is 101 Å². The largest absolute Gasteiger partial charge is 0.465 e. The van der Waals surface area contributed by atoms with Gasteiger partial charge in [0.15, 0.2) is 0 Å². The molecule has 2 N–H and O–H groups in total. The summed E-state index contributed by atoms with van der Waals surface area (Å²) in [6, 6.07) is 1.36. The molecule has 0 aromatic carbocycles. The molecule has 9 heteroatoms. The van der Waals surface area contributed by atoms with Gasteiger partial charge in [-0.2, -0.15) is 0 Å². The van der Waals surface area contributed by atoms with Gasteiger partial charge in [-0.25, -0.2) is 22.9 Å². The van der Waals surface area contributed by atoms with E-state index in [1.54, 1.807) is 6.20 Å². The van der Waals surface area contributed by atoms with Crippen molar-refractivity contribution >= 4 is 27.3 Å². The van der Waals surface area contributed by atoms with Crippen LogP contribution in [0.15, 0.2) is 28.7 Å². The highest BCUT2D eigenvalue weighted by molar-refractivity contribution is 7.89. The Hall–Kier alpha value is -1.71. The molecule has 2 heterocycles. The van der Waals surface area contributed by atoms with Gasteiger partial charge in [0.1, 0.15) is 15.6 Å². The molecular weight excluding hydrogens is 290 g/mol. The highest BCUT2D eigenvalue weighted by Gasteiger charge is 2.24. The number of nitrogens with zero attached hydrogens (tertiary/aromatic N) is 1. The molecule has 0 saturated heterocycles. The van der Waals surface area contributed by atoms with E-state index in [1.165, 1.54) is 24.8 Å². The van der Waals surface area contributed by atoms with Crippen LogP contribution < -0.4 is 4.72 Å². The van der Waals surface area contributed by atoms with Crippen molar-refractivity contribution in [1.29, 1.82) is 0 Å². The lowest BCUT2D eigenvalue weighted by Gasteiger charge is -2.05. The molecule has 2 rings (SSSR count). The van der Waals surface area contributed by atoms with Crippen LogP contribution in [0.5, 0.6) is 0 Å². The number of aromatic amines is 1. The normalized spacial score (nSPS) is 11.4. The molecule has 0 spiro atoms. The number of ether oxygens (including phenoxy) is 1. The number of nitrogens with one attached hydrogen (secondary N) is 2. The Kier molecular flexibility index (Phi) is 3.98. The Morgan fingerprint density at radius 2 is 2.37 bits per heavy atom. The molecule has 0 aliphatic heterocycles. The van der Waals surface area contributed by atoms with Gasteiger partial charge in [0.25, 0.3) is 0 Å². The summed E-state index contributed by atoms with van der Waals surface area (Å²) < 4.78 is 31.1. The lowest BCUT2D eigenvalue weighted by atomic mass is 10.5. The molecule has 0 aliphatic carbocycles. The molecule has 19 heavy (non-hydrogen) atoms. The van der Waals surface area contributed by atoms with E-state index in [-0.39, 0.29) is 16.3 Å². The zero-order valence-electron chi connectivity index (χ0n) is 9.91. The SMILES string of the molecule is COC(=O)c1sccc1S(=O)(=O)NCc1ncc[nH]1. The summed E-state index contributed by atoms with van der Waals surface area (Å²) in [5.74, 6) is -0.188. The summed E-state index contributed by atoms with van der Waals surface area (Å²) in [4.78, 5) is 18.1.